The van der Waals surface area contributed by atoms with Crippen LogP contribution in [0.25, 0.3) is 0 Å². The minimum atomic E-state index is 0.0511. The van der Waals surface area contributed by atoms with Crippen LogP contribution in [-0.4, -0.2) is 31.0 Å². The lowest BCUT2D eigenvalue weighted by molar-refractivity contribution is 0.0853. The van der Waals surface area contributed by atoms with E-state index in [2.05, 4.69) is 10.3 Å². The Hall–Kier alpha value is -1.42. The molecule has 16 heavy (non-hydrogen) atoms. The minimum Gasteiger partial charge on any atom is -0.495 e. The van der Waals surface area contributed by atoms with Crippen LogP contribution in [0.15, 0.2) is 18.5 Å². The smallest absolute Gasteiger partial charge is 0.167 e. The first kappa shape index (κ1) is 11.1. The van der Waals surface area contributed by atoms with Crippen molar-refractivity contribution < 1.29 is 9.53 Å². The van der Waals surface area contributed by atoms with Gasteiger partial charge in [0, 0.05) is 17.7 Å². The highest BCUT2D eigenvalue weighted by Gasteiger charge is 2.29. The minimum absolute atomic E-state index is 0.0511. The molecule has 1 aliphatic rings. The average Bonchev–Trinajstić information content (AvgIpc) is 2.25. The van der Waals surface area contributed by atoms with Gasteiger partial charge in [0.1, 0.15) is 5.75 Å². The number of hydrogen-bond acceptors (Lipinski definition) is 4. The molecule has 0 aliphatic carbocycles. The van der Waals surface area contributed by atoms with Gasteiger partial charge >= 0.3 is 0 Å². The molecule has 4 heteroatoms. The van der Waals surface area contributed by atoms with Gasteiger partial charge in [-0.05, 0) is 25.1 Å². The molecule has 0 amide bonds. The number of nitrogens with zero attached hydrogens (tertiary/aromatic N) is 1. The Balaban J connectivity index is 2.12. The van der Waals surface area contributed by atoms with Crippen LogP contribution >= 0.6 is 0 Å². The fourth-order valence-electron chi connectivity index (χ4n) is 1.81. The van der Waals surface area contributed by atoms with Gasteiger partial charge in [-0.3, -0.25) is 9.78 Å². The molecule has 0 aromatic carbocycles. The fraction of sp³-hybridized carbons (Fsp3) is 0.500. The van der Waals surface area contributed by atoms with E-state index in [4.69, 9.17) is 4.74 Å². The molecule has 1 atom stereocenters. The number of methoxy groups -OCH3 is 1. The number of ether oxygens (including phenoxy) is 1. The second kappa shape index (κ2) is 4.61. The number of aromatic nitrogens is 1. The number of carbonyl (C=O) groups excluding carboxylic acids is 1. The van der Waals surface area contributed by atoms with Crippen molar-refractivity contribution in [2.24, 2.45) is 11.8 Å². The predicted octanol–water partition coefficient (Wildman–Crippen LogP) is 1.13. The van der Waals surface area contributed by atoms with Crippen LogP contribution in [0, 0.1) is 11.8 Å². The van der Waals surface area contributed by atoms with Crippen LogP contribution in [-0.2, 0) is 0 Å². The average molecular weight is 220 g/mol. The van der Waals surface area contributed by atoms with E-state index in [1.165, 1.54) is 0 Å². The molecule has 2 heterocycles. The van der Waals surface area contributed by atoms with Gasteiger partial charge in [-0.2, -0.15) is 0 Å². The number of carbonyl (C=O) groups is 1. The van der Waals surface area contributed by atoms with E-state index in [0.717, 1.165) is 13.1 Å². The second-order valence-corrected chi connectivity index (χ2v) is 4.18. The van der Waals surface area contributed by atoms with Gasteiger partial charge < -0.3 is 10.1 Å². The monoisotopic (exact) mass is 220 g/mol. The number of nitrogens with one attached hydrogen (secondary N) is 1. The first-order valence-corrected chi connectivity index (χ1v) is 5.46. The third kappa shape index (κ3) is 2.07. The molecule has 1 saturated heterocycles. The van der Waals surface area contributed by atoms with Crippen molar-refractivity contribution in [3.8, 4) is 5.75 Å². The zero-order valence-corrected chi connectivity index (χ0v) is 9.56. The zero-order chi connectivity index (χ0) is 11.5. The quantitative estimate of drug-likeness (QED) is 0.773. The summed E-state index contributed by atoms with van der Waals surface area (Å²) in [6.07, 6.45) is 3.21. The summed E-state index contributed by atoms with van der Waals surface area (Å²) < 4.78 is 5.06. The number of hydrogen-bond donors (Lipinski definition) is 1. The summed E-state index contributed by atoms with van der Waals surface area (Å²) in [6.45, 7) is 3.85. The van der Waals surface area contributed by atoms with Crippen molar-refractivity contribution in [3.63, 3.8) is 0 Å². The molecule has 1 fully saturated rings. The number of ketones is 1. The molecular weight excluding hydrogens is 204 g/mol. The summed E-state index contributed by atoms with van der Waals surface area (Å²) in [5.41, 5.74) is 0.638. The van der Waals surface area contributed by atoms with E-state index in [0.29, 0.717) is 17.2 Å². The highest BCUT2D eigenvalue weighted by Crippen LogP contribution is 2.21. The lowest BCUT2D eigenvalue weighted by atomic mass is 9.84. The van der Waals surface area contributed by atoms with Crippen molar-refractivity contribution in [3.05, 3.63) is 24.0 Å². The van der Waals surface area contributed by atoms with Gasteiger partial charge in [0.2, 0.25) is 0 Å². The molecule has 2 rings (SSSR count). The van der Waals surface area contributed by atoms with Crippen LogP contribution in [0.4, 0.5) is 0 Å². The SMILES string of the molecule is COc1cncc(C(=O)C(C)C2CNC2)c1. The van der Waals surface area contributed by atoms with Crippen LogP contribution in [0.3, 0.4) is 0 Å². The Morgan fingerprint density at radius 1 is 1.56 bits per heavy atom. The molecule has 4 nitrogen and oxygen atoms in total. The van der Waals surface area contributed by atoms with Gasteiger partial charge in [0.25, 0.3) is 0 Å². The normalized spacial score (nSPS) is 17.6. The molecular formula is C12H16N2O2. The molecule has 1 aliphatic heterocycles. The van der Waals surface area contributed by atoms with E-state index >= 15 is 0 Å². The zero-order valence-electron chi connectivity index (χ0n) is 9.56. The Morgan fingerprint density at radius 2 is 2.31 bits per heavy atom. The van der Waals surface area contributed by atoms with Crippen molar-refractivity contribution in [1.29, 1.82) is 0 Å². The van der Waals surface area contributed by atoms with Crippen LogP contribution in [0.2, 0.25) is 0 Å². The molecule has 0 radical (unpaired) electrons. The van der Waals surface area contributed by atoms with Crippen molar-refractivity contribution in [1.82, 2.24) is 10.3 Å². The van der Waals surface area contributed by atoms with Crippen molar-refractivity contribution in [2.75, 3.05) is 20.2 Å². The molecule has 0 bridgehead atoms. The summed E-state index contributed by atoms with van der Waals surface area (Å²) in [6, 6.07) is 1.75. The Labute approximate surface area is 95.0 Å². The van der Waals surface area contributed by atoms with Gasteiger partial charge in [-0.15, -0.1) is 0 Å². The van der Waals surface area contributed by atoms with E-state index in [1.54, 1.807) is 25.6 Å². The first-order valence-electron chi connectivity index (χ1n) is 5.46. The maximum absolute atomic E-state index is 12.1. The van der Waals surface area contributed by atoms with Crippen LogP contribution in [0.5, 0.6) is 5.75 Å². The highest BCUT2D eigenvalue weighted by atomic mass is 16.5. The van der Waals surface area contributed by atoms with Gasteiger partial charge in [0.05, 0.1) is 13.3 Å². The maximum Gasteiger partial charge on any atom is 0.167 e. The standard InChI is InChI=1S/C12H16N2O2/c1-8(10-5-13-6-10)12(15)9-3-11(16-2)7-14-4-9/h3-4,7-8,10,13H,5-6H2,1-2H3. The summed E-state index contributed by atoms with van der Waals surface area (Å²) in [5, 5.41) is 3.18. The molecule has 1 aromatic heterocycles. The van der Waals surface area contributed by atoms with Gasteiger partial charge in [-0.25, -0.2) is 0 Å². The van der Waals surface area contributed by atoms with E-state index in [-0.39, 0.29) is 11.7 Å². The van der Waals surface area contributed by atoms with Crippen molar-refractivity contribution >= 4 is 5.78 Å². The number of rotatable bonds is 4. The third-order valence-electron chi connectivity index (χ3n) is 3.17. The van der Waals surface area contributed by atoms with E-state index < -0.39 is 0 Å². The molecule has 1 unspecified atom stereocenters. The number of Topliss-reactive ketones (excluding diaryl/α,β-unsaturated/α-hetero) is 1. The van der Waals surface area contributed by atoms with Crippen LogP contribution < -0.4 is 10.1 Å². The Bertz CT molecular complexity index is 388. The third-order valence-corrected chi connectivity index (χ3v) is 3.17. The van der Waals surface area contributed by atoms with E-state index in [1.807, 2.05) is 6.92 Å². The molecule has 86 valence electrons. The summed E-state index contributed by atoms with van der Waals surface area (Å²) in [5.74, 6) is 1.29. The maximum atomic E-state index is 12.1. The Kier molecular flexibility index (Phi) is 3.19. The Morgan fingerprint density at radius 3 is 2.88 bits per heavy atom. The summed E-state index contributed by atoms with van der Waals surface area (Å²) in [7, 11) is 1.57. The highest BCUT2D eigenvalue weighted by molar-refractivity contribution is 5.97. The fourth-order valence-corrected chi connectivity index (χ4v) is 1.81. The summed E-state index contributed by atoms with van der Waals surface area (Å²) in [4.78, 5) is 16.1. The number of pyridine rings is 1. The summed E-state index contributed by atoms with van der Waals surface area (Å²) >= 11 is 0. The van der Waals surface area contributed by atoms with Gasteiger partial charge in [-0.1, -0.05) is 6.92 Å². The first-order chi connectivity index (χ1) is 7.72. The molecule has 0 spiro atoms. The topological polar surface area (TPSA) is 51.2 Å². The lowest BCUT2D eigenvalue weighted by Gasteiger charge is -2.31. The molecule has 1 aromatic rings. The predicted molar refractivity (Wildman–Crippen MR) is 60.6 cm³/mol. The van der Waals surface area contributed by atoms with Gasteiger partial charge in [0.15, 0.2) is 5.78 Å². The van der Waals surface area contributed by atoms with Crippen molar-refractivity contribution in [2.45, 2.75) is 6.92 Å². The molecule has 1 N–H and O–H groups in total. The lowest BCUT2D eigenvalue weighted by Crippen LogP contribution is -2.47. The molecule has 0 saturated carbocycles. The largest absolute Gasteiger partial charge is 0.495 e. The van der Waals surface area contributed by atoms with Crippen LogP contribution in [0.1, 0.15) is 17.3 Å². The van der Waals surface area contributed by atoms with E-state index in [9.17, 15) is 4.79 Å². The second-order valence-electron chi connectivity index (χ2n) is 4.18.